The predicted molar refractivity (Wildman–Crippen MR) is 107 cm³/mol. The Morgan fingerprint density at radius 1 is 1.14 bits per heavy atom. The molecule has 0 bridgehead atoms. The second-order valence-electron chi connectivity index (χ2n) is 6.42. The third kappa shape index (κ3) is 5.76. The number of carbonyl (C=O) groups is 3. The van der Waals surface area contributed by atoms with E-state index in [1.807, 2.05) is 6.92 Å². The lowest BCUT2D eigenvalue weighted by atomic mass is 10.1. The first-order chi connectivity index (χ1) is 13.3. The summed E-state index contributed by atoms with van der Waals surface area (Å²) in [6.45, 7) is 8.49. The minimum absolute atomic E-state index is 0.191. The standard InChI is InChI=1S/C20H25NO6S/c1-5-25-16-9-14(7-8-15(16)27-12-13(3)4)10-17-19(23)21(20(24)28-17)11-18(22)26-6-2/h7-10,13H,5-6,11-12H2,1-4H3/b17-10-. The van der Waals surface area contributed by atoms with Gasteiger partial charge in [0.1, 0.15) is 6.54 Å². The Balaban J connectivity index is 2.19. The number of ether oxygens (including phenoxy) is 3. The number of imide groups is 1. The number of hydrogen-bond acceptors (Lipinski definition) is 7. The van der Waals surface area contributed by atoms with E-state index in [2.05, 4.69) is 13.8 Å². The van der Waals surface area contributed by atoms with Crippen molar-refractivity contribution in [2.45, 2.75) is 27.7 Å². The van der Waals surface area contributed by atoms with E-state index < -0.39 is 17.1 Å². The second-order valence-corrected chi connectivity index (χ2v) is 7.41. The fourth-order valence-corrected chi connectivity index (χ4v) is 3.22. The summed E-state index contributed by atoms with van der Waals surface area (Å²) in [4.78, 5) is 37.3. The summed E-state index contributed by atoms with van der Waals surface area (Å²) in [5, 5.41) is -0.494. The molecule has 1 aromatic carbocycles. The van der Waals surface area contributed by atoms with Crippen LogP contribution >= 0.6 is 11.8 Å². The fourth-order valence-electron chi connectivity index (χ4n) is 2.38. The van der Waals surface area contributed by atoms with Crippen LogP contribution < -0.4 is 9.47 Å². The third-order valence-electron chi connectivity index (χ3n) is 3.60. The van der Waals surface area contributed by atoms with Gasteiger partial charge in [0.25, 0.3) is 11.1 Å². The fraction of sp³-hybridized carbons (Fsp3) is 0.450. The van der Waals surface area contributed by atoms with Crippen molar-refractivity contribution in [2.75, 3.05) is 26.4 Å². The van der Waals surface area contributed by atoms with Crippen LogP contribution in [0.1, 0.15) is 33.3 Å². The van der Waals surface area contributed by atoms with Crippen molar-refractivity contribution in [1.82, 2.24) is 4.90 Å². The van der Waals surface area contributed by atoms with Crippen LogP contribution in [0, 0.1) is 5.92 Å². The van der Waals surface area contributed by atoms with Gasteiger partial charge in [0.2, 0.25) is 0 Å². The Morgan fingerprint density at radius 3 is 2.54 bits per heavy atom. The molecule has 152 valence electrons. The van der Waals surface area contributed by atoms with E-state index in [0.717, 1.165) is 16.7 Å². The molecule has 1 saturated heterocycles. The molecule has 0 atom stereocenters. The maximum atomic E-state index is 12.5. The van der Waals surface area contributed by atoms with E-state index in [1.54, 1.807) is 31.2 Å². The molecule has 0 spiro atoms. The smallest absolute Gasteiger partial charge is 0.326 e. The van der Waals surface area contributed by atoms with Gasteiger partial charge in [-0.05, 0) is 55.3 Å². The summed E-state index contributed by atoms with van der Waals surface area (Å²) < 4.78 is 16.2. The highest BCUT2D eigenvalue weighted by Gasteiger charge is 2.36. The highest BCUT2D eigenvalue weighted by molar-refractivity contribution is 8.18. The number of esters is 1. The summed E-state index contributed by atoms with van der Waals surface area (Å²) >= 11 is 0.793. The molecule has 0 saturated carbocycles. The van der Waals surface area contributed by atoms with Crippen molar-refractivity contribution in [3.05, 3.63) is 28.7 Å². The molecule has 0 N–H and O–H groups in total. The molecular weight excluding hydrogens is 382 g/mol. The zero-order valence-corrected chi connectivity index (χ0v) is 17.3. The largest absolute Gasteiger partial charge is 0.490 e. The van der Waals surface area contributed by atoms with Crippen molar-refractivity contribution in [2.24, 2.45) is 5.92 Å². The van der Waals surface area contributed by atoms with Crippen LogP contribution in [0.2, 0.25) is 0 Å². The van der Waals surface area contributed by atoms with Crippen molar-refractivity contribution >= 4 is 35.0 Å². The van der Waals surface area contributed by atoms with Gasteiger partial charge in [0.05, 0.1) is 24.7 Å². The molecule has 0 unspecified atom stereocenters. The molecule has 2 rings (SSSR count). The van der Waals surface area contributed by atoms with E-state index in [9.17, 15) is 14.4 Å². The lowest BCUT2D eigenvalue weighted by Gasteiger charge is -2.14. The molecule has 0 radical (unpaired) electrons. The van der Waals surface area contributed by atoms with E-state index in [-0.39, 0.29) is 18.1 Å². The monoisotopic (exact) mass is 407 g/mol. The molecule has 0 aromatic heterocycles. The summed E-state index contributed by atoms with van der Waals surface area (Å²) in [5.41, 5.74) is 0.696. The summed E-state index contributed by atoms with van der Waals surface area (Å²) in [5.74, 6) is 0.448. The van der Waals surface area contributed by atoms with Gasteiger partial charge in [-0.15, -0.1) is 0 Å². The number of nitrogens with zero attached hydrogens (tertiary/aromatic N) is 1. The zero-order chi connectivity index (χ0) is 20.7. The van der Waals surface area contributed by atoms with Crippen LogP contribution in [-0.2, 0) is 14.3 Å². The summed E-state index contributed by atoms with van der Waals surface area (Å²) in [6.07, 6.45) is 1.60. The van der Waals surface area contributed by atoms with Gasteiger partial charge in [-0.3, -0.25) is 19.3 Å². The van der Waals surface area contributed by atoms with Crippen molar-refractivity contribution in [3.8, 4) is 11.5 Å². The van der Waals surface area contributed by atoms with E-state index in [4.69, 9.17) is 14.2 Å². The number of amides is 2. The molecule has 2 amide bonds. The van der Waals surface area contributed by atoms with Gasteiger partial charge in [-0.1, -0.05) is 19.9 Å². The van der Waals surface area contributed by atoms with Gasteiger partial charge in [0.15, 0.2) is 11.5 Å². The van der Waals surface area contributed by atoms with Crippen LogP contribution in [0.15, 0.2) is 23.1 Å². The van der Waals surface area contributed by atoms with E-state index in [1.165, 1.54) is 0 Å². The molecule has 1 heterocycles. The van der Waals surface area contributed by atoms with Crippen LogP contribution in [-0.4, -0.2) is 48.4 Å². The highest BCUT2D eigenvalue weighted by atomic mass is 32.2. The Morgan fingerprint density at radius 2 is 1.89 bits per heavy atom. The molecule has 7 nitrogen and oxygen atoms in total. The molecule has 1 aliphatic rings. The van der Waals surface area contributed by atoms with Gasteiger partial charge < -0.3 is 14.2 Å². The quantitative estimate of drug-likeness (QED) is 0.456. The van der Waals surface area contributed by atoms with Crippen LogP contribution in [0.25, 0.3) is 6.08 Å². The molecular formula is C20H25NO6S. The van der Waals surface area contributed by atoms with Crippen molar-refractivity contribution in [1.29, 1.82) is 0 Å². The van der Waals surface area contributed by atoms with Crippen molar-refractivity contribution < 1.29 is 28.6 Å². The van der Waals surface area contributed by atoms with Gasteiger partial charge >= 0.3 is 5.97 Å². The van der Waals surface area contributed by atoms with E-state index >= 15 is 0 Å². The van der Waals surface area contributed by atoms with E-state index in [0.29, 0.717) is 36.2 Å². The first-order valence-corrected chi connectivity index (χ1v) is 9.98. The first-order valence-electron chi connectivity index (χ1n) is 9.16. The van der Waals surface area contributed by atoms with Gasteiger partial charge in [0, 0.05) is 0 Å². The third-order valence-corrected chi connectivity index (χ3v) is 4.51. The average molecular weight is 407 g/mol. The number of rotatable bonds is 9. The topological polar surface area (TPSA) is 82.1 Å². The second kappa shape index (κ2) is 10.2. The van der Waals surface area contributed by atoms with Crippen LogP contribution in [0.5, 0.6) is 11.5 Å². The molecule has 1 aromatic rings. The maximum Gasteiger partial charge on any atom is 0.326 e. The van der Waals surface area contributed by atoms with Crippen molar-refractivity contribution in [3.63, 3.8) is 0 Å². The Labute approximate surface area is 169 Å². The van der Waals surface area contributed by atoms with Gasteiger partial charge in [-0.25, -0.2) is 0 Å². The van der Waals surface area contributed by atoms with Gasteiger partial charge in [-0.2, -0.15) is 0 Å². The lowest BCUT2D eigenvalue weighted by Crippen LogP contribution is -2.34. The Bertz CT molecular complexity index is 774. The van der Waals surface area contributed by atoms with Crippen LogP contribution in [0.4, 0.5) is 4.79 Å². The minimum atomic E-state index is -0.615. The Kier molecular flexibility index (Phi) is 7.92. The SMILES string of the molecule is CCOC(=O)CN1C(=O)S/C(=C\c2ccc(OCC(C)C)c(OCC)c2)C1=O. The summed E-state index contributed by atoms with van der Waals surface area (Å²) in [6, 6.07) is 5.33. The predicted octanol–water partition coefficient (Wildman–Crippen LogP) is 3.72. The number of hydrogen-bond donors (Lipinski definition) is 0. The highest BCUT2D eigenvalue weighted by Crippen LogP contribution is 2.34. The molecule has 8 heteroatoms. The molecule has 1 fully saturated rings. The Hall–Kier alpha value is -2.48. The first kappa shape index (κ1) is 21.8. The number of thioether (sulfide) groups is 1. The van der Waals surface area contributed by atoms with Crippen LogP contribution in [0.3, 0.4) is 0 Å². The average Bonchev–Trinajstić information content (AvgIpc) is 2.89. The maximum absolute atomic E-state index is 12.5. The summed E-state index contributed by atoms with van der Waals surface area (Å²) in [7, 11) is 0. The normalized spacial score (nSPS) is 15.5. The number of benzene rings is 1. The molecule has 0 aliphatic carbocycles. The lowest BCUT2D eigenvalue weighted by molar-refractivity contribution is -0.145. The molecule has 28 heavy (non-hydrogen) atoms. The zero-order valence-electron chi connectivity index (χ0n) is 16.5. The number of carbonyl (C=O) groups excluding carboxylic acids is 3. The minimum Gasteiger partial charge on any atom is -0.490 e. The molecule has 1 aliphatic heterocycles.